The Morgan fingerprint density at radius 1 is 1.14 bits per heavy atom. The minimum Gasteiger partial charge on any atom is -0.399 e. The van der Waals surface area contributed by atoms with Gasteiger partial charge in [-0.1, -0.05) is 19.4 Å². The number of amides is 1. The highest BCUT2D eigenvalue weighted by Gasteiger charge is 2.50. The summed E-state index contributed by atoms with van der Waals surface area (Å²) in [4.78, 5) is 13.4. The molecule has 160 valence electrons. The van der Waals surface area contributed by atoms with Crippen molar-refractivity contribution in [1.29, 1.82) is 0 Å². The highest BCUT2D eigenvalue weighted by molar-refractivity contribution is 7.89. The van der Waals surface area contributed by atoms with Gasteiger partial charge in [-0.2, -0.15) is 4.72 Å². The molecule has 1 aromatic rings. The molecule has 0 aromatic heterocycles. The van der Waals surface area contributed by atoms with Gasteiger partial charge in [0.15, 0.2) is 0 Å². The second kappa shape index (κ2) is 7.58. The van der Waals surface area contributed by atoms with E-state index in [-0.39, 0.29) is 16.8 Å². The molecule has 0 heterocycles. The Hall–Kier alpha value is -1.60. The predicted octanol–water partition coefficient (Wildman–Crippen LogP) is 3.05. The molecule has 0 aliphatic heterocycles. The average Bonchev–Trinajstić information content (AvgIpc) is 2.63. The molecular formula is C22H33N3O3S. The van der Waals surface area contributed by atoms with Crippen LogP contribution in [0.1, 0.15) is 58.8 Å². The molecule has 1 aromatic carbocycles. The number of anilines is 1. The summed E-state index contributed by atoms with van der Waals surface area (Å²) in [5.74, 6) is 2.55. The minimum atomic E-state index is -3.86. The molecule has 4 N–H and O–H groups in total. The normalized spacial score (nSPS) is 32.7. The molecule has 5 rings (SSSR count). The van der Waals surface area contributed by atoms with Crippen LogP contribution in [0.15, 0.2) is 29.2 Å². The number of rotatable bonds is 7. The molecule has 6 nitrogen and oxygen atoms in total. The molecule has 4 aliphatic carbocycles. The van der Waals surface area contributed by atoms with Crippen LogP contribution in [0.5, 0.6) is 0 Å². The number of carbonyl (C=O) groups is 1. The number of nitrogen functional groups attached to an aromatic ring is 1. The first-order chi connectivity index (χ1) is 13.7. The van der Waals surface area contributed by atoms with E-state index in [9.17, 15) is 13.2 Å². The molecule has 29 heavy (non-hydrogen) atoms. The lowest BCUT2D eigenvalue weighted by Gasteiger charge is -2.54. The average molecular weight is 420 g/mol. The van der Waals surface area contributed by atoms with Crippen molar-refractivity contribution < 1.29 is 13.2 Å². The third kappa shape index (κ3) is 4.04. The third-order valence-corrected chi connectivity index (χ3v) is 8.90. The Kier molecular flexibility index (Phi) is 5.40. The predicted molar refractivity (Wildman–Crippen MR) is 113 cm³/mol. The standard InChI is InChI=1S/C22H33N3O3S/c1-3-7-22(2,25-29(27,28)19-6-4-5-18(23)13-19)21(26)24-20-16-9-14-8-15(11-16)12-17(20)10-14/h4-6,13-17,20,25H,3,7-12,23H2,1-2H3,(H,24,26). The highest BCUT2D eigenvalue weighted by Crippen LogP contribution is 2.53. The van der Waals surface area contributed by atoms with Gasteiger partial charge in [0, 0.05) is 11.7 Å². The van der Waals surface area contributed by atoms with Crippen LogP contribution in [-0.2, 0) is 14.8 Å². The summed E-state index contributed by atoms with van der Waals surface area (Å²) < 4.78 is 28.6. The van der Waals surface area contributed by atoms with Gasteiger partial charge in [-0.15, -0.1) is 0 Å². The van der Waals surface area contributed by atoms with E-state index in [1.165, 1.54) is 44.2 Å². The first-order valence-corrected chi connectivity index (χ1v) is 12.4. The van der Waals surface area contributed by atoms with Crippen LogP contribution in [0.3, 0.4) is 0 Å². The molecule has 1 amide bonds. The molecule has 0 saturated heterocycles. The molecule has 4 bridgehead atoms. The number of nitrogens with one attached hydrogen (secondary N) is 2. The topological polar surface area (TPSA) is 101 Å². The van der Waals surface area contributed by atoms with Gasteiger partial charge in [0.05, 0.1) is 4.90 Å². The first-order valence-electron chi connectivity index (χ1n) is 10.9. The van der Waals surface area contributed by atoms with E-state index >= 15 is 0 Å². The zero-order valence-corrected chi connectivity index (χ0v) is 18.2. The monoisotopic (exact) mass is 419 g/mol. The SMILES string of the molecule is CCCC(C)(NS(=O)(=O)c1cccc(N)c1)C(=O)NC1C2CC3CC(C2)CC1C3. The van der Waals surface area contributed by atoms with Crippen molar-refractivity contribution in [3.8, 4) is 0 Å². The maximum absolute atomic E-state index is 13.4. The van der Waals surface area contributed by atoms with Crippen LogP contribution in [0.4, 0.5) is 5.69 Å². The van der Waals surface area contributed by atoms with Crippen molar-refractivity contribution in [2.24, 2.45) is 23.7 Å². The molecule has 4 saturated carbocycles. The summed E-state index contributed by atoms with van der Waals surface area (Å²) in [6, 6.07) is 6.35. The van der Waals surface area contributed by atoms with Crippen molar-refractivity contribution in [2.45, 2.75) is 75.3 Å². The van der Waals surface area contributed by atoms with E-state index in [4.69, 9.17) is 5.73 Å². The number of nitrogens with two attached hydrogens (primary N) is 1. The lowest BCUT2D eigenvalue weighted by Crippen LogP contribution is -2.63. The molecular weight excluding hydrogens is 386 g/mol. The largest absolute Gasteiger partial charge is 0.399 e. The van der Waals surface area contributed by atoms with Crippen LogP contribution in [0, 0.1) is 23.7 Å². The smallest absolute Gasteiger partial charge is 0.241 e. The number of hydrogen-bond acceptors (Lipinski definition) is 4. The van der Waals surface area contributed by atoms with Gasteiger partial charge in [-0.3, -0.25) is 4.79 Å². The van der Waals surface area contributed by atoms with Gasteiger partial charge < -0.3 is 11.1 Å². The zero-order chi connectivity index (χ0) is 20.8. The Bertz CT molecular complexity index is 857. The second-order valence-electron chi connectivity index (χ2n) is 9.69. The molecule has 7 heteroatoms. The third-order valence-electron chi connectivity index (χ3n) is 7.30. The molecule has 0 spiro atoms. The molecule has 4 aliphatic rings. The van der Waals surface area contributed by atoms with Gasteiger partial charge in [0.2, 0.25) is 15.9 Å². The maximum atomic E-state index is 13.4. The lowest BCUT2D eigenvalue weighted by atomic mass is 9.54. The van der Waals surface area contributed by atoms with E-state index in [2.05, 4.69) is 10.0 Å². The van der Waals surface area contributed by atoms with Crippen molar-refractivity contribution >= 4 is 21.6 Å². The Balaban J connectivity index is 1.52. The first kappa shape index (κ1) is 20.7. The minimum absolute atomic E-state index is 0.0854. The number of hydrogen-bond donors (Lipinski definition) is 3. The Morgan fingerprint density at radius 3 is 2.31 bits per heavy atom. The van der Waals surface area contributed by atoms with Crippen molar-refractivity contribution in [3.05, 3.63) is 24.3 Å². The van der Waals surface area contributed by atoms with Crippen LogP contribution in [0.25, 0.3) is 0 Å². The summed E-state index contributed by atoms with van der Waals surface area (Å²) in [6.07, 6.45) is 7.32. The van der Waals surface area contributed by atoms with E-state index in [1.54, 1.807) is 19.1 Å². The van der Waals surface area contributed by atoms with Crippen LogP contribution >= 0.6 is 0 Å². The van der Waals surface area contributed by atoms with Crippen LogP contribution in [-0.4, -0.2) is 25.9 Å². The van der Waals surface area contributed by atoms with Crippen LogP contribution in [0.2, 0.25) is 0 Å². The Labute approximate surface area is 174 Å². The van der Waals surface area contributed by atoms with Crippen molar-refractivity contribution in [3.63, 3.8) is 0 Å². The fourth-order valence-corrected chi connectivity index (χ4v) is 7.67. The number of carbonyl (C=O) groups excluding carboxylic acids is 1. The number of sulfonamides is 1. The van der Waals surface area contributed by atoms with Gasteiger partial charge in [-0.05, 0) is 87.3 Å². The summed E-state index contributed by atoms with van der Waals surface area (Å²) in [5, 5.41) is 3.28. The fraction of sp³-hybridized carbons (Fsp3) is 0.682. The summed E-state index contributed by atoms with van der Waals surface area (Å²) in [6.45, 7) is 3.66. The quantitative estimate of drug-likeness (QED) is 0.591. The Morgan fingerprint density at radius 2 is 1.76 bits per heavy atom. The summed E-state index contributed by atoms with van der Waals surface area (Å²) >= 11 is 0. The van der Waals surface area contributed by atoms with Crippen LogP contribution < -0.4 is 15.8 Å². The number of benzene rings is 1. The van der Waals surface area contributed by atoms with E-state index in [1.807, 2.05) is 6.92 Å². The molecule has 0 radical (unpaired) electrons. The summed E-state index contributed by atoms with van der Waals surface area (Å²) in [7, 11) is -3.86. The fourth-order valence-electron chi connectivity index (χ4n) is 6.22. The van der Waals surface area contributed by atoms with Gasteiger partial charge >= 0.3 is 0 Å². The maximum Gasteiger partial charge on any atom is 0.241 e. The van der Waals surface area contributed by atoms with E-state index in [0.717, 1.165) is 11.8 Å². The molecule has 1 atom stereocenters. The van der Waals surface area contributed by atoms with Gasteiger partial charge in [-0.25, -0.2) is 8.42 Å². The summed E-state index contributed by atoms with van der Waals surface area (Å²) in [5.41, 5.74) is 4.95. The molecule has 1 unspecified atom stereocenters. The highest BCUT2D eigenvalue weighted by atomic mass is 32.2. The van der Waals surface area contributed by atoms with E-state index in [0.29, 0.717) is 30.4 Å². The van der Waals surface area contributed by atoms with Gasteiger partial charge in [0.25, 0.3) is 0 Å². The van der Waals surface area contributed by atoms with Crippen molar-refractivity contribution in [1.82, 2.24) is 10.0 Å². The van der Waals surface area contributed by atoms with E-state index < -0.39 is 15.6 Å². The zero-order valence-electron chi connectivity index (χ0n) is 17.4. The second-order valence-corrected chi connectivity index (χ2v) is 11.4. The lowest BCUT2D eigenvalue weighted by molar-refractivity contribution is -0.130. The van der Waals surface area contributed by atoms with Crippen molar-refractivity contribution in [2.75, 3.05) is 5.73 Å². The molecule has 4 fully saturated rings. The van der Waals surface area contributed by atoms with Gasteiger partial charge in [0.1, 0.15) is 5.54 Å².